The van der Waals surface area contributed by atoms with E-state index in [1.165, 1.54) is 0 Å². The summed E-state index contributed by atoms with van der Waals surface area (Å²) in [6, 6.07) is 4.40. The number of carbonyl (C=O) groups is 3. The Hall–Kier alpha value is -2.97. The van der Waals surface area contributed by atoms with Crippen LogP contribution in [0.3, 0.4) is 0 Å². The number of anilines is 1. The van der Waals surface area contributed by atoms with E-state index in [-0.39, 0.29) is 30.2 Å². The second kappa shape index (κ2) is 9.35. The molecule has 4 aliphatic heterocycles. The fourth-order valence-corrected chi connectivity index (χ4v) is 7.02. The Labute approximate surface area is 224 Å². The van der Waals surface area contributed by atoms with Crippen LogP contribution in [0.2, 0.25) is 0 Å². The average Bonchev–Trinajstić information content (AvgIpc) is 3.14. The molecule has 1 N–H and O–H groups in total. The Morgan fingerprint density at radius 1 is 1.03 bits per heavy atom. The normalized spacial score (nSPS) is 33.4. The van der Waals surface area contributed by atoms with Crippen LogP contribution in [0, 0.1) is 31.6 Å². The molecule has 2 saturated heterocycles. The average molecular weight is 522 g/mol. The summed E-state index contributed by atoms with van der Waals surface area (Å²) in [6.07, 6.45) is 8.05. The Balaban J connectivity index is 1.70. The third-order valence-electron chi connectivity index (χ3n) is 8.70. The molecule has 1 aromatic rings. The van der Waals surface area contributed by atoms with Crippen LogP contribution in [-0.4, -0.2) is 82.7 Å². The molecule has 1 spiro atoms. The smallest absolute Gasteiger partial charge is 0.253 e. The highest BCUT2D eigenvalue weighted by atomic mass is 16.5. The van der Waals surface area contributed by atoms with Gasteiger partial charge in [0.25, 0.3) is 5.91 Å². The fourth-order valence-electron chi connectivity index (χ4n) is 7.02. The van der Waals surface area contributed by atoms with E-state index >= 15 is 0 Å². The molecule has 0 aliphatic carbocycles. The van der Waals surface area contributed by atoms with Crippen LogP contribution in [0.25, 0.3) is 0 Å². The van der Waals surface area contributed by atoms with E-state index in [0.717, 1.165) is 16.8 Å². The maximum atomic E-state index is 14.6. The van der Waals surface area contributed by atoms with Crippen LogP contribution in [0.15, 0.2) is 42.5 Å². The Bertz CT molecular complexity index is 1220. The minimum atomic E-state index is -1.33. The van der Waals surface area contributed by atoms with Crippen molar-refractivity contribution in [2.75, 3.05) is 31.6 Å². The zero-order chi connectivity index (χ0) is 27.6. The molecule has 0 aromatic heterocycles. The number of benzene rings is 1. The molecule has 0 saturated carbocycles. The number of ether oxygens (including phenoxy) is 1. The van der Waals surface area contributed by atoms with E-state index in [0.29, 0.717) is 19.5 Å². The van der Waals surface area contributed by atoms with Crippen molar-refractivity contribution in [2.45, 2.75) is 64.3 Å². The lowest BCUT2D eigenvalue weighted by Gasteiger charge is -2.40. The van der Waals surface area contributed by atoms with E-state index in [4.69, 9.17) is 4.74 Å². The van der Waals surface area contributed by atoms with Crippen molar-refractivity contribution >= 4 is 23.4 Å². The van der Waals surface area contributed by atoms with Crippen LogP contribution in [0.4, 0.5) is 5.69 Å². The second-order valence-electron chi connectivity index (χ2n) is 12.0. The lowest BCUT2D eigenvalue weighted by Crippen LogP contribution is -2.59. The van der Waals surface area contributed by atoms with E-state index in [1.807, 2.05) is 77.1 Å². The van der Waals surface area contributed by atoms with Gasteiger partial charge in [-0.25, -0.2) is 0 Å². The van der Waals surface area contributed by atoms with Gasteiger partial charge in [0.05, 0.1) is 30.1 Å². The summed E-state index contributed by atoms with van der Waals surface area (Å²) in [5.41, 5.74) is 0.384. The summed E-state index contributed by atoms with van der Waals surface area (Å²) in [5.74, 6) is -2.21. The van der Waals surface area contributed by atoms with E-state index in [2.05, 4.69) is 0 Å². The standard InChI is InChI=1S/C30H39N3O5/c1-18(2)15-21(17-34)33-25-28(37)32(22-16-19(3)9-10-20(22)4)14-8-12-30(25)24(27(33)36)23-26(35)31(6)13-7-11-29(23,5)38-30/h7-12,16,18,21,23-25,34H,13-15,17H2,1-6H3/t21-,23-,24+,25?,29+,30+/m1/s1. The van der Waals surface area contributed by atoms with Crippen molar-refractivity contribution in [3.05, 3.63) is 53.6 Å². The summed E-state index contributed by atoms with van der Waals surface area (Å²) in [4.78, 5) is 47.7. The van der Waals surface area contributed by atoms with Crippen molar-refractivity contribution in [1.82, 2.24) is 9.80 Å². The molecule has 4 aliphatic rings. The van der Waals surface area contributed by atoms with Gasteiger partial charge in [-0.05, 0) is 50.3 Å². The van der Waals surface area contributed by atoms with Crippen molar-refractivity contribution in [3.8, 4) is 0 Å². The Morgan fingerprint density at radius 3 is 2.42 bits per heavy atom. The number of aryl methyl sites for hydroxylation is 2. The predicted molar refractivity (Wildman–Crippen MR) is 144 cm³/mol. The SMILES string of the molecule is Cc1ccc(C)c(N2CC=C[C@]34O[C@@]5(C)C=CCN(C)C(=O)[C@H]5[C@H]3C(=O)N([C@@H](CO)CC(C)C)C4C2=O)c1. The van der Waals surface area contributed by atoms with Crippen LogP contribution < -0.4 is 4.90 Å². The fraction of sp³-hybridized carbons (Fsp3) is 0.567. The number of aliphatic hydroxyl groups excluding tert-OH is 1. The van der Waals surface area contributed by atoms with Gasteiger partial charge in [0.2, 0.25) is 11.8 Å². The molecule has 0 radical (unpaired) electrons. The van der Waals surface area contributed by atoms with Gasteiger partial charge >= 0.3 is 0 Å². The highest BCUT2D eigenvalue weighted by Crippen LogP contribution is 2.58. The topological polar surface area (TPSA) is 90.4 Å². The molecular formula is C30H39N3O5. The van der Waals surface area contributed by atoms with Crippen molar-refractivity contribution < 1.29 is 24.2 Å². The molecule has 6 atom stereocenters. The molecular weight excluding hydrogens is 482 g/mol. The number of hydrogen-bond acceptors (Lipinski definition) is 5. The first kappa shape index (κ1) is 26.6. The Morgan fingerprint density at radius 2 is 1.74 bits per heavy atom. The number of nitrogens with zero attached hydrogens (tertiary/aromatic N) is 3. The highest BCUT2D eigenvalue weighted by molar-refractivity contribution is 6.06. The van der Waals surface area contributed by atoms with Crippen molar-refractivity contribution in [3.63, 3.8) is 0 Å². The van der Waals surface area contributed by atoms with Crippen LogP contribution in [-0.2, 0) is 19.1 Å². The largest absolute Gasteiger partial charge is 0.394 e. The summed E-state index contributed by atoms with van der Waals surface area (Å²) in [6.45, 7) is 10.3. The second-order valence-corrected chi connectivity index (χ2v) is 12.0. The number of carbonyl (C=O) groups excluding carboxylic acids is 3. The lowest BCUT2D eigenvalue weighted by molar-refractivity contribution is -0.151. The summed E-state index contributed by atoms with van der Waals surface area (Å²) < 4.78 is 6.84. The zero-order valence-electron chi connectivity index (χ0n) is 23.2. The van der Waals surface area contributed by atoms with Crippen molar-refractivity contribution in [1.29, 1.82) is 0 Å². The molecule has 38 heavy (non-hydrogen) atoms. The molecule has 8 nitrogen and oxygen atoms in total. The summed E-state index contributed by atoms with van der Waals surface area (Å²) in [7, 11) is 1.73. The number of amides is 3. The van der Waals surface area contributed by atoms with Crippen LogP contribution in [0.1, 0.15) is 38.3 Å². The lowest BCUT2D eigenvalue weighted by atomic mass is 9.74. The molecule has 1 aromatic carbocycles. The first-order valence-electron chi connectivity index (χ1n) is 13.6. The van der Waals surface area contributed by atoms with E-state index < -0.39 is 35.1 Å². The van der Waals surface area contributed by atoms with Crippen molar-refractivity contribution in [2.24, 2.45) is 17.8 Å². The quantitative estimate of drug-likeness (QED) is 0.602. The first-order valence-corrected chi connectivity index (χ1v) is 13.6. The molecule has 8 heteroatoms. The number of fused-ring (bicyclic) bond motifs is 2. The number of likely N-dealkylation sites (tertiary alicyclic amines) is 1. The van der Waals surface area contributed by atoms with Gasteiger partial charge in [-0.3, -0.25) is 14.4 Å². The maximum absolute atomic E-state index is 14.6. The molecule has 2 fully saturated rings. The van der Waals surface area contributed by atoms with Gasteiger partial charge in [-0.1, -0.05) is 50.3 Å². The van der Waals surface area contributed by atoms with Gasteiger partial charge < -0.3 is 24.5 Å². The zero-order valence-corrected chi connectivity index (χ0v) is 23.2. The summed E-state index contributed by atoms with van der Waals surface area (Å²) in [5, 5.41) is 10.5. The summed E-state index contributed by atoms with van der Waals surface area (Å²) >= 11 is 0. The molecule has 3 amide bonds. The number of likely N-dealkylation sites (N-methyl/N-ethyl adjacent to an activating group) is 1. The third-order valence-corrected chi connectivity index (χ3v) is 8.70. The van der Waals surface area contributed by atoms with Gasteiger partial charge in [0, 0.05) is 25.8 Å². The third kappa shape index (κ3) is 3.83. The molecule has 5 rings (SSSR count). The van der Waals surface area contributed by atoms with Gasteiger partial charge in [0.1, 0.15) is 11.6 Å². The van der Waals surface area contributed by atoms with E-state index in [9.17, 15) is 19.5 Å². The number of aliphatic hydroxyl groups is 1. The number of hydrogen-bond donors (Lipinski definition) is 1. The maximum Gasteiger partial charge on any atom is 0.253 e. The van der Waals surface area contributed by atoms with Gasteiger partial charge in [0.15, 0.2) is 0 Å². The number of rotatable bonds is 5. The Kier molecular flexibility index (Phi) is 6.55. The van der Waals surface area contributed by atoms with Gasteiger partial charge in [-0.15, -0.1) is 0 Å². The predicted octanol–water partition coefficient (Wildman–Crippen LogP) is 2.61. The molecule has 204 valence electrons. The first-order chi connectivity index (χ1) is 17.9. The van der Waals surface area contributed by atoms with Gasteiger partial charge in [-0.2, -0.15) is 0 Å². The monoisotopic (exact) mass is 521 g/mol. The highest BCUT2D eigenvalue weighted by Gasteiger charge is 2.75. The molecule has 1 unspecified atom stereocenters. The minimum absolute atomic E-state index is 0.172. The molecule has 4 heterocycles. The van der Waals surface area contributed by atoms with E-state index in [1.54, 1.807) is 21.7 Å². The minimum Gasteiger partial charge on any atom is -0.394 e. The molecule has 0 bridgehead atoms. The van der Waals surface area contributed by atoms with Crippen LogP contribution >= 0.6 is 0 Å². The van der Waals surface area contributed by atoms with Crippen LogP contribution in [0.5, 0.6) is 0 Å².